The van der Waals surface area contributed by atoms with Gasteiger partial charge in [-0.2, -0.15) is 0 Å². The molecule has 3 nitrogen and oxygen atoms in total. The molecule has 3 heteroatoms. The molecule has 0 aliphatic carbocycles. The van der Waals surface area contributed by atoms with E-state index in [9.17, 15) is 0 Å². The summed E-state index contributed by atoms with van der Waals surface area (Å²) in [6.45, 7) is 0. The topological polar surface area (TPSA) is 29.5 Å². The third kappa shape index (κ3) is 5.44. The first-order valence-electron chi connectivity index (χ1n) is 20.1. The van der Waals surface area contributed by atoms with Crippen LogP contribution in [0.1, 0.15) is 0 Å². The first-order valence-corrected chi connectivity index (χ1v) is 20.1. The maximum absolute atomic E-state index is 6.53. The summed E-state index contributed by atoms with van der Waals surface area (Å²) in [5, 5.41) is 9.23. The number of rotatable bonds is 6. The highest BCUT2D eigenvalue weighted by atomic mass is 16.3. The Labute approximate surface area is 340 Å². The van der Waals surface area contributed by atoms with Crippen LogP contribution in [0.2, 0.25) is 0 Å². The summed E-state index contributed by atoms with van der Waals surface area (Å²) < 4.78 is 13.0. The molecule has 0 radical (unpaired) electrons. The number of hydrogen-bond acceptors (Lipinski definition) is 3. The van der Waals surface area contributed by atoms with Gasteiger partial charge in [-0.15, -0.1) is 0 Å². The van der Waals surface area contributed by atoms with Gasteiger partial charge in [-0.25, -0.2) is 0 Å². The van der Waals surface area contributed by atoms with Gasteiger partial charge in [-0.3, -0.25) is 0 Å². The minimum atomic E-state index is 0.882. The Morgan fingerprint density at radius 2 is 0.881 bits per heavy atom. The number of hydrogen-bond donors (Lipinski definition) is 0. The van der Waals surface area contributed by atoms with Crippen molar-refractivity contribution in [2.75, 3.05) is 4.90 Å². The molecular weight excluding hydrogens is 719 g/mol. The molecule has 0 N–H and O–H groups in total. The van der Waals surface area contributed by atoms with Gasteiger partial charge in [-0.1, -0.05) is 158 Å². The average molecular weight is 754 g/mol. The number of fused-ring (bicyclic) bond motifs is 9. The summed E-state index contributed by atoms with van der Waals surface area (Å²) in [7, 11) is 0. The summed E-state index contributed by atoms with van der Waals surface area (Å²) >= 11 is 0. The minimum absolute atomic E-state index is 0.882. The Morgan fingerprint density at radius 1 is 0.288 bits per heavy atom. The first-order chi connectivity index (χ1) is 29.2. The second-order valence-corrected chi connectivity index (χ2v) is 15.2. The summed E-state index contributed by atoms with van der Waals surface area (Å²) in [4.78, 5) is 2.39. The zero-order valence-electron chi connectivity index (χ0n) is 32.0. The lowest BCUT2D eigenvalue weighted by Gasteiger charge is -2.28. The van der Waals surface area contributed by atoms with Crippen LogP contribution in [0.4, 0.5) is 17.1 Å². The Balaban J connectivity index is 1.03. The molecule has 0 atom stereocenters. The van der Waals surface area contributed by atoms with E-state index in [1.54, 1.807) is 0 Å². The monoisotopic (exact) mass is 753 g/mol. The third-order valence-electron chi connectivity index (χ3n) is 11.9. The van der Waals surface area contributed by atoms with Gasteiger partial charge in [-0.05, 0) is 93.0 Å². The molecule has 2 heterocycles. The molecule has 59 heavy (non-hydrogen) atoms. The smallest absolute Gasteiger partial charge is 0.143 e. The summed E-state index contributed by atoms with van der Waals surface area (Å²) in [6.07, 6.45) is 0. The lowest BCUT2D eigenvalue weighted by Crippen LogP contribution is -2.11. The van der Waals surface area contributed by atoms with E-state index in [1.807, 2.05) is 12.1 Å². The molecule has 10 aromatic carbocycles. The van der Waals surface area contributed by atoms with Crippen molar-refractivity contribution in [2.45, 2.75) is 0 Å². The zero-order valence-corrected chi connectivity index (χ0v) is 32.0. The van der Waals surface area contributed by atoms with E-state index >= 15 is 0 Å². The maximum Gasteiger partial charge on any atom is 0.143 e. The lowest BCUT2D eigenvalue weighted by atomic mass is 9.96. The van der Waals surface area contributed by atoms with Gasteiger partial charge in [0, 0.05) is 49.4 Å². The number of para-hydroxylation sites is 3. The van der Waals surface area contributed by atoms with Gasteiger partial charge in [0.1, 0.15) is 22.3 Å². The molecule has 0 aliphatic rings. The van der Waals surface area contributed by atoms with Crippen LogP contribution in [-0.4, -0.2) is 0 Å². The first kappa shape index (κ1) is 33.3. The van der Waals surface area contributed by atoms with Crippen LogP contribution in [0.25, 0.3) is 98.8 Å². The van der Waals surface area contributed by atoms with Crippen molar-refractivity contribution in [3.63, 3.8) is 0 Å². The van der Waals surface area contributed by atoms with Crippen molar-refractivity contribution < 1.29 is 8.83 Å². The van der Waals surface area contributed by atoms with Crippen molar-refractivity contribution in [2.24, 2.45) is 0 Å². The van der Waals surface area contributed by atoms with E-state index in [-0.39, 0.29) is 0 Å². The fraction of sp³-hybridized carbons (Fsp3) is 0. The highest BCUT2D eigenvalue weighted by Crippen LogP contribution is 2.45. The highest BCUT2D eigenvalue weighted by Gasteiger charge is 2.20. The minimum Gasteiger partial charge on any atom is -0.455 e. The molecule has 0 aliphatic heterocycles. The molecular formula is C56H35NO2. The Kier molecular flexibility index (Phi) is 7.54. The van der Waals surface area contributed by atoms with Crippen LogP contribution in [0.15, 0.2) is 221 Å². The number of benzene rings is 10. The molecule has 0 spiro atoms. The summed E-state index contributed by atoms with van der Waals surface area (Å²) in [5.74, 6) is 0. The normalized spacial score (nSPS) is 11.7. The van der Waals surface area contributed by atoms with Gasteiger partial charge in [0.15, 0.2) is 0 Å². The van der Waals surface area contributed by atoms with Crippen molar-refractivity contribution in [1.29, 1.82) is 0 Å². The number of furan rings is 2. The highest BCUT2D eigenvalue weighted by molar-refractivity contribution is 6.16. The van der Waals surface area contributed by atoms with Crippen molar-refractivity contribution in [1.82, 2.24) is 0 Å². The predicted octanol–water partition coefficient (Wildman–Crippen LogP) is 16.3. The van der Waals surface area contributed by atoms with Gasteiger partial charge in [0.05, 0.1) is 5.69 Å². The van der Waals surface area contributed by atoms with Crippen LogP contribution in [-0.2, 0) is 0 Å². The molecule has 2 aromatic heterocycles. The molecule has 0 saturated heterocycles. The Bertz CT molecular complexity index is 3570. The molecule has 276 valence electrons. The van der Waals surface area contributed by atoms with E-state index in [0.29, 0.717) is 0 Å². The molecule has 12 rings (SSSR count). The van der Waals surface area contributed by atoms with Crippen molar-refractivity contribution in [3.05, 3.63) is 212 Å². The van der Waals surface area contributed by atoms with E-state index in [0.717, 1.165) is 94.1 Å². The third-order valence-corrected chi connectivity index (χ3v) is 11.9. The number of nitrogens with zero attached hydrogens (tertiary/aromatic N) is 1. The van der Waals surface area contributed by atoms with E-state index in [4.69, 9.17) is 8.83 Å². The molecule has 0 unspecified atom stereocenters. The standard InChI is InChI=1S/C56H35NO2/c1-3-17-43-36(12-1)14-10-21-44(43)39-15-9-16-42(34-39)57(41-30-26-38(27-31-41)47-22-11-23-49-48-20-6-8-25-53(48)58-55(47)49)52-24-7-5-18-45(52)40-29-33-54-51(35-40)50-32-28-37-13-2-4-19-46(37)56(50)59-54/h1-35H. The fourth-order valence-corrected chi connectivity index (χ4v) is 9.07. The Hall–Kier alpha value is -7.88. The van der Waals surface area contributed by atoms with Crippen LogP contribution in [0, 0.1) is 0 Å². The van der Waals surface area contributed by atoms with Crippen molar-refractivity contribution >= 4 is 82.5 Å². The van der Waals surface area contributed by atoms with Crippen LogP contribution in [0.3, 0.4) is 0 Å². The van der Waals surface area contributed by atoms with Crippen LogP contribution in [0.5, 0.6) is 0 Å². The molecule has 0 amide bonds. The fourth-order valence-electron chi connectivity index (χ4n) is 9.07. The zero-order chi connectivity index (χ0) is 38.9. The second kappa shape index (κ2) is 13.4. The molecule has 0 bridgehead atoms. The second-order valence-electron chi connectivity index (χ2n) is 15.2. The van der Waals surface area contributed by atoms with Gasteiger partial charge in [0.2, 0.25) is 0 Å². The summed E-state index contributed by atoms with van der Waals surface area (Å²) in [5.41, 5.74) is 13.6. The van der Waals surface area contributed by atoms with Crippen molar-refractivity contribution in [3.8, 4) is 33.4 Å². The molecule has 0 saturated carbocycles. The summed E-state index contributed by atoms with van der Waals surface area (Å²) in [6, 6.07) is 75.8. The maximum atomic E-state index is 6.53. The Morgan fingerprint density at radius 3 is 1.78 bits per heavy atom. The van der Waals surface area contributed by atoms with Crippen LogP contribution >= 0.6 is 0 Å². The lowest BCUT2D eigenvalue weighted by molar-refractivity contribution is 0.670. The average Bonchev–Trinajstić information content (AvgIpc) is 3.88. The van der Waals surface area contributed by atoms with E-state index in [1.165, 1.54) is 21.7 Å². The van der Waals surface area contributed by atoms with Gasteiger partial charge in [0.25, 0.3) is 0 Å². The van der Waals surface area contributed by atoms with Gasteiger partial charge >= 0.3 is 0 Å². The largest absolute Gasteiger partial charge is 0.455 e. The van der Waals surface area contributed by atoms with Gasteiger partial charge < -0.3 is 13.7 Å². The molecule has 0 fully saturated rings. The van der Waals surface area contributed by atoms with E-state index < -0.39 is 0 Å². The predicted molar refractivity (Wildman–Crippen MR) is 247 cm³/mol. The van der Waals surface area contributed by atoms with Crippen LogP contribution < -0.4 is 4.90 Å². The van der Waals surface area contributed by atoms with E-state index in [2.05, 4.69) is 205 Å². The molecule has 12 aromatic rings. The number of anilines is 3. The SMILES string of the molecule is c1cc(-c2cccc3ccccc23)cc(N(c2ccc(-c3cccc4c3oc3ccccc34)cc2)c2ccccc2-c2ccc3oc4c5ccccc5ccc4c3c2)c1. The quantitative estimate of drug-likeness (QED) is 0.169.